The number of sulfonamides is 1. The minimum Gasteiger partial charge on any atom is -0.493 e. The van der Waals surface area contributed by atoms with Crippen molar-refractivity contribution in [3.05, 3.63) is 52.0 Å². The third-order valence-electron chi connectivity index (χ3n) is 3.97. The third kappa shape index (κ3) is 6.42. The van der Waals surface area contributed by atoms with Crippen molar-refractivity contribution >= 4 is 44.8 Å². The predicted molar refractivity (Wildman–Crippen MR) is 119 cm³/mol. The van der Waals surface area contributed by atoms with Gasteiger partial charge in [-0.2, -0.15) is 0 Å². The number of anilines is 1. The van der Waals surface area contributed by atoms with Crippen molar-refractivity contribution in [3.8, 4) is 11.5 Å². The Hall–Kier alpha value is -2.16. The monoisotopic (exact) mass is 474 g/mol. The molecule has 0 saturated carbocycles. The van der Waals surface area contributed by atoms with Gasteiger partial charge in [-0.15, -0.1) is 0 Å². The summed E-state index contributed by atoms with van der Waals surface area (Å²) in [7, 11) is -2.24. The molecule has 0 spiro atoms. The van der Waals surface area contributed by atoms with E-state index in [0.717, 1.165) is 16.1 Å². The number of hydrogen-bond donors (Lipinski definition) is 1. The molecule has 0 bridgehead atoms. The van der Waals surface area contributed by atoms with Crippen LogP contribution in [0.5, 0.6) is 11.5 Å². The second-order valence-corrected chi connectivity index (χ2v) is 9.46. The number of carbonyl (C=O) groups is 1. The normalized spacial score (nSPS) is 11.3. The second kappa shape index (κ2) is 10.2. The smallest absolute Gasteiger partial charge is 0.241 e. The summed E-state index contributed by atoms with van der Waals surface area (Å²) in [4.78, 5) is 12.5. The van der Waals surface area contributed by atoms with E-state index in [0.29, 0.717) is 11.5 Å². The van der Waals surface area contributed by atoms with Gasteiger partial charge in [-0.1, -0.05) is 35.3 Å². The summed E-state index contributed by atoms with van der Waals surface area (Å²) in [6.07, 6.45) is 0.986. The lowest BCUT2D eigenvalue weighted by atomic mass is 10.2. The van der Waals surface area contributed by atoms with Crippen LogP contribution in [0.4, 0.5) is 5.69 Å². The van der Waals surface area contributed by atoms with Gasteiger partial charge < -0.3 is 14.8 Å². The summed E-state index contributed by atoms with van der Waals surface area (Å²) < 4.78 is 36.4. The van der Waals surface area contributed by atoms with Crippen molar-refractivity contribution in [1.29, 1.82) is 0 Å². The van der Waals surface area contributed by atoms with Crippen molar-refractivity contribution < 1.29 is 22.7 Å². The molecule has 164 valence electrons. The molecular formula is C20H24Cl2N2O5S. The van der Waals surface area contributed by atoms with Crippen LogP contribution in [0.25, 0.3) is 0 Å². The first-order valence-corrected chi connectivity index (χ1v) is 11.6. The third-order valence-corrected chi connectivity index (χ3v) is 5.90. The Morgan fingerprint density at radius 3 is 2.47 bits per heavy atom. The van der Waals surface area contributed by atoms with Crippen molar-refractivity contribution in [3.63, 3.8) is 0 Å². The Morgan fingerprint density at radius 1 is 1.17 bits per heavy atom. The summed E-state index contributed by atoms with van der Waals surface area (Å²) in [5, 5.41) is 2.95. The Balaban J connectivity index is 2.12. The molecule has 0 aliphatic rings. The molecule has 0 aliphatic heterocycles. The van der Waals surface area contributed by atoms with Gasteiger partial charge in [-0.05, 0) is 43.7 Å². The van der Waals surface area contributed by atoms with Crippen molar-refractivity contribution in [2.45, 2.75) is 26.5 Å². The van der Waals surface area contributed by atoms with Crippen LogP contribution >= 0.6 is 23.2 Å². The molecule has 2 aromatic rings. The van der Waals surface area contributed by atoms with Crippen molar-refractivity contribution in [2.75, 3.05) is 24.2 Å². The maximum absolute atomic E-state index is 12.5. The van der Waals surface area contributed by atoms with E-state index in [4.69, 9.17) is 32.7 Å². The fourth-order valence-electron chi connectivity index (χ4n) is 2.63. The molecule has 0 fully saturated rings. The summed E-state index contributed by atoms with van der Waals surface area (Å²) in [6.45, 7) is 3.56. The molecule has 0 unspecified atom stereocenters. The Morgan fingerprint density at radius 2 is 1.87 bits per heavy atom. The average molecular weight is 475 g/mol. The summed E-state index contributed by atoms with van der Waals surface area (Å²) >= 11 is 12.1. The number of ether oxygens (including phenoxy) is 2. The Labute approximate surface area is 186 Å². The predicted octanol–water partition coefficient (Wildman–Crippen LogP) is 3.87. The number of rotatable bonds is 9. The Bertz CT molecular complexity index is 1010. The van der Waals surface area contributed by atoms with Crippen molar-refractivity contribution in [2.24, 2.45) is 0 Å². The highest BCUT2D eigenvalue weighted by molar-refractivity contribution is 7.92. The molecule has 2 aromatic carbocycles. The van der Waals surface area contributed by atoms with E-state index in [9.17, 15) is 13.2 Å². The van der Waals surface area contributed by atoms with Gasteiger partial charge in [0.25, 0.3) is 0 Å². The molecule has 0 radical (unpaired) electrons. The summed E-state index contributed by atoms with van der Waals surface area (Å²) in [5.74, 6) is 0.637. The van der Waals surface area contributed by atoms with Gasteiger partial charge in [-0.3, -0.25) is 9.10 Å². The lowest BCUT2D eigenvalue weighted by Gasteiger charge is -2.23. The fourth-order valence-corrected chi connectivity index (χ4v) is 3.94. The summed E-state index contributed by atoms with van der Waals surface area (Å²) in [5.41, 5.74) is 0.904. The topological polar surface area (TPSA) is 84.9 Å². The van der Waals surface area contributed by atoms with E-state index in [1.807, 2.05) is 13.8 Å². The van der Waals surface area contributed by atoms with Gasteiger partial charge in [0.15, 0.2) is 11.5 Å². The number of nitrogens with one attached hydrogen (secondary N) is 1. The molecular weight excluding hydrogens is 451 g/mol. The number of nitrogens with zero attached hydrogens (tertiary/aromatic N) is 1. The van der Waals surface area contributed by atoms with Gasteiger partial charge in [0.2, 0.25) is 15.9 Å². The largest absolute Gasteiger partial charge is 0.493 e. The standard InChI is InChI=1S/C20H24Cl2N2O5S/c1-13(2)29-17-9-8-14(10-18(17)28-3)11-23-19(25)12-24(30(4,26)27)16-7-5-6-15(21)20(16)22/h5-10,13H,11-12H2,1-4H3,(H,23,25). The number of carbonyl (C=O) groups excluding carboxylic acids is 1. The number of benzene rings is 2. The number of methoxy groups -OCH3 is 1. The maximum Gasteiger partial charge on any atom is 0.241 e. The number of halogens is 2. The van der Waals surface area contributed by atoms with Gasteiger partial charge in [0, 0.05) is 6.54 Å². The molecule has 2 rings (SSSR count). The average Bonchev–Trinajstić information content (AvgIpc) is 2.66. The van der Waals surface area contributed by atoms with Gasteiger partial charge in [0.1, 0.15) is 6.54 Å². The first-order chi connectivity index (χ1) is 14.0. The second-order valence-electron chi connectivity index (χ2n) is 6.77. The molecule has 0 saturated heterocycles. The van der Waals surface area contributed by atoms with Crippen LogP contribution in [0.2, 0.25) is 10.0 Å². The highest BCUT2D eigenvalue weighted by Gasteiger charge is 2.24. The van der Waals surface area contributed by atoms with E-state index in [1.165, 1.54) is 19.2 Å². The van der Waals surface area contributed by atoms with E-state index < -0.39 is 22.5 Å². The minimum atomic E-state index is -3.77. The molecule has 0 aliphatic carbocycles. The van der Waals surface area contributed by atoms with E-state index in [2.05, 4.69) is 5.32 Å². The fraction of sp³-hybridized carbons (Fsp3) is 0.350. The van der Waals surface area contributed by atoms with Crippen LogP contribution in [-0.4, -0.2) is 40.3 Å². The highest BCUT2D eigenvalue weighted by atomic mass is 35.5. The van der Waals surface area contributed by atoms with Crippen LogP contribution in [-0.2, 0) is 21.4 Å². The van der Waals surface area contributed by atoms with E-state index >= 15 is 0 Å². The lowest BCUT2D eigenvalue weighted by Crippen LogP contribution is -2.40. The zero-order chi connectivity index (χ0) is 22.5. The van der Waals surface area contributed by atoms with Crippen LogP contribution in [0.1, 0.15) is 19.4 Å². The molecule has 1 N–H and O–H groups in total. The zero-order valence-electron chi connectivity index (χ0n) is 17.1. The molecule has 0 atom stereocenters. The van der Waals surface area contributed by atoms with Gasteiger partial charge >= 0.3 is 0 Å². The van der Waals surface area contributed by atoms with Crippen LogP contribution in [0, 0.1) is 0 Å². The molecule has 0 heterocycles. The zero-order valence-corrected chi connectivity index (χ0v) is 19.4. The Kier molecular flexibility index (Phi) is 8.23. The van der Waals surface area contributed by atoms with Crippen LogP contribution < -0.4 is 19.1 Å². The number of hydrogen-bond acceptors (Lipinski definition) is 5. The maximum atomic E-state index is 12.5. The molecule has 7 nitrogen and oxygen atoms in total. The number of amides is 1. The van der Waals surface area contributed by atoms with Crippen molar-refractivity contribution in [1.82, 2.24) is 5.32 Å². The minimum absolute atomic E-state index is 0.00950. The molecule has 0 aromatic heterocycles. The lowest BCUT2D eigenvalue weighted by molar-refractivity contribution is -0.119. The van der Waals surface area contributed by atoms with E-state index in [-0.39, 0.29) is 28.4 Å². The van der Waals surface area contributed by atoms with Crippen LogP contribution in [0.3, 0.4) is 0 Å². The molecule has 10 heteroatoms. The first-order valence-electron chi connectivity index (χ1n) is 9.05. The highest BCUT2D eigenvalue weighted by Crippen LogP contribution is 2.33. The van der Waals surface area contributed by atoms with E-state index in [1.54, 1.807) is 24.3 Å². The van der Waals surface area contributed by atoms with Crippen LogP contribution in [0.15, 0.2) is 36.4 Å². The molecule has 30 heavy (non-hydrogen) atoms. The van der Waals surface area contributed by atoms with Gasteiger partial charge in [0.05, 0.1) is 35.2 Å². The summed E-state index contributed by atoms with van der Waals surface area (Å²) in [6, 6.07) is 9.89. The van der Waals surface area contributed by atoms with Gasteiger partial charge in [-0.25, -0.2) is 8.42 Å². The SMILES string of the molecule is COc1cc(CNC(=O)CN(c2cccc(Cl)c2Cl)S(C)(=O)=O)ccc1OC(C)C. The first kappa shape index (κ1) is 24.1. The quantitative estimate of drug-likeness (QED) is 0.595. The molecule has 1 amide bonds.